The number of carbonyl (C=O) groups is 1. The van der Waals surface area contributed by atoms with Crippen molar-refractivity contribution < 1.29 is 22.3 Å². The standard InChI is InChI=1S/C27H29ClFN3O4S/c1-16-5-4-6-21(26(16)28)17(2)31-27(33)32-24-8-7-20(13-25(24)36-3)37(34,35)15-18-11-19-9-10-30-14-22(19)23(29)12-18/h4-8,11-13,17,30H,9-10,14-15H2,1-3H3,(H2,31,32,33). The van der Waals surface area contributed by atoms with E-state index in [1.807, 2.05) is 32.0 Å². The van der Waals surface area contributed by atoms with E-state index in [0.29, 0.717) is 34.8 Å². The normalized spacial score (nSPS) is 14.0. The maximum atomic E-state index is 14.5. The number of halogens is 2. The van der Waals surface area contributed by atoms with Crippen LogP contribution in [-0.4, -0.2) is 28.1 Å². The topological polar surface area (TPSA) is 96.5 Å². The lowest BCUT2D eigenvalue weighted by molar-refractivity contribution is 0.249. The van der Waals surface area contributed by atoms with Gasteiger partial charge in [0.15, 0.2) is 9.84 Å². The molecule has 0 aromatic heterocycles. The summed E-state index contributed by atoms with van der Waals surface area (Å²) in [4.78, 5) is 12.7. The molecular formula is C27H29ClFN3O4S. The molecule has 0 radical (unpaired) electrons. The summed E-state index contributed by atoms with van der Waals surface area (Å²) < 4.78 is 46.2. The van der Waals surface area contributed by atoms with Gasteiger partial charge in [0.2, 0.25) is 0 Å². The lowest BCUT2D eigenvalue weighted by Crippen LogP contribution is -2.31. The second-order valence-electron chi connectivity index (χ2n) is 9.06. The highest BCUT2D eigenvalue weighted by molar-refractivity contribution is 7.90. The van der Waals surface area contributed by atoms with Gasteiger partial charge in [-0.15, -0.1) is 0 Å². The van der Waals surface area contributed by atoms with E-state index in [9.17, 15) is 17.6 Å². The number of amides is 2. The molecule has 1 heterocycles. The molecule has 1 unspecified atom stereocenters. The van der Waals surface area contributed by atoms with Crippen molar-refractivity contribution in [1.82, 2.24) is 10.6 Å². The van der Waals surface area contributed by atoms with Gasteiger partial charge in [0.25, 0.3) is 0 Å². The molecule has 1 atom stereocenters. The van der Waals surface area contributed by atoms with Crippen LogP contribution in [0.4, 0.5) is 14.9 Å². The van der Waals surface area contributed by atoms with Crippen LogP contribution in [0, 0.1) is 12.7 Å². The van der Waals surface area contributed by atoms with Gasteiger partial charge in [-0.2, -0.15) is 0 Å². The summed E-state index contributed by atoms with van der Waals surface area (Å²) in [6.07, 6.45) is 0.644. The number of nitrogens with one attached hydrogen (secondary N) is 3. The Morgan fingerprint density at radius 1 is 1.22 bits per heavy atom. The van der Waals surface area contributed by atoms with E-state index in [-0.39, 0.29) is 22.4 Å². The number of aryl methyl sites for hydroxylation is 1. The summed E-state index contributed by atoms with van der Waals surface area (Å²) in [5.41, 5.74) is 3.79. The Bertz CT molecular complexity index is 1450. The van der Waals surface area contributed by atoms with Gasteiger partial charge >= 0.3 is 6.03 Å². The van der Waals surface area contributed by atoms with Crippen molar-refractivity contribution in [2.24, 2.45) is 0 Å². The van der Waals surface area contributed by atoms with Gasteiger partial charge < -0.3 is 20.7 Å². The zero-order chi connectivity index (χ0) is 26.7. The molecule has 196 valence electrons. The molecule has 3 aromatic carbocycles. The fraction of sp³-hybridized carbons (Fsp3) is 0.296. The van der Waals surface area contributed by atoms with E-state index in [1.165, 1.54) is 31.4 Å². The van der Waals surface area contributed by atoms with Gasteiger partial charge in [-0.3, -0.25) is 0 Å². The van der Waals surface area contributed by atoms with Crippen molar-refractivity contribution in [2.45, 2.75) is 43.5 Å². The first-order valence-electron chi connectivity index (χ1n) is 11.8. The average Bonchev–Trinajstić information content (AvgIpc) is 2.85. The molecule has 37 heavy (non-hydrogen) atoms. The number of ether oxygens (including phenoxy) is 1. The van der Waals surface area contributed by atoms with E-state index in [0.717, 1.165) is 23.2 Å². The van der Waals surface area contributed by atoms with Gasteiger partial charge in [-0.25, -0.2) is 17.6 Å². The number of carbonyl (C=O) groups excluding carboxylic acids is 1. The van der Waals surface area contributed by atoms with Crippen LogP contribution >= 0.6 is 11.6 Å². The summed E-state index contributed by atoms with van der Waals surface area (Å²) in [6.45, 7) is 4.86. The number of hydrogen-bond acceptors (Lipinski definition) is 5. The van der Waals surface area contributed by atoms with Gasteiger partial charge in [0.1, 0.15) is 11.6 Å². The molecule has 0 saturated carbocycles. The molecule has 7 nitrogen and oxygen atoms in total. The third-order valence-corrected chi connectivity index (χ3v) is 8.60. The molecule has 3 N–H and O–H groups in total. The largest absolute Gasteiger partial charge is 0.495 e. The highest BCUT2D eigenvalue weighted by Gasteiger charge is 2.22. The van der Waals surface area contributed by atoms with Gasteiger partial charge in [-0.05, 0) is 67.3 Å². The number of urea groups is 1. The van der Waals surface area contributed by atoms with Crippen LogP contribution in [-0.2, 0) is 28.6 Å². The van der Waals surface area contributed by atoms with Crippen LogP contribution < -0.4 is 20.7 Å². The number of anilines is 1. The van der Waals surface area contributed by atoms with Crippen molar-refractivity contribution in [1.29, 1.82) is 0 Å². The number of benzene rings is 3. The number of fused-ring (bicyclic) bond motifs is 1. The Hall–Kier alpha value is -3.14. The average molecular weight is 546 g/mol. The molecule has 10 heteroatoms. The molecule has 0 bridgehead atoms. The van der Waals surface area contributed by atoms with Crippen LogP contribution in [0.2, 0.25) is 5.02 Å². The van der Waals surface area contributed by atoms with Crippen LogP contribution in [0.15, 0.2) is 53.4 Å². The SMILES string of the molecule is COc1cc(S(=O)(=O)Cc2cc(F)c3c(c2)CCNC3)ccc1NC(=O)NC(C)c1cccc(C)c1Cl. The molecule has 3 aromatic rings. The predicted octanol–water partition coefficient (Wildman–Crippen LogP) is 5.30. The minimum absolute atomic E-state index is 0.00927. The molecule has 4 rings (SSSR count). The molecule has 1 aliphatic heterocycles. The summed E-state index contributed by atoms with van der Waals surface area (Å²) in [6, 6.07) is 12.0. The van der Waals surface area contributed by atoms with E-state index in [2.05, 4.69) is 16.0 Å². The summed E-state index contributed by atoms with van der Waals surface area (Å²) >= 11 is 6.37. The maximum Gasteiger partial charge on any atom is 0.319 e. The second kappa shape index (κ2) is 11.1. The zero-order valence-corrected chi connectivity index (χ0v) is 22.4. The van der Waals surface area contributed by atoms with Crippen LogP contribution in [0.3, 0.4) is 0 Å². The number of hydrogen-bond donors (Lipinski definition) is 3. The monoisotopic (exact) mass is 545 g/mol. The number of rotatable bonds is 7. The van der Waals surface area contributed by atoms with Crippen molar-refractivity contribution in [3.05, 3.63) is 87.2 Å². The van der Waals surface area contributed by atoms with Crippen LogP contribution in [0.1, 0.15) is 40.8 Å². The molecule has 0 fully saturated rings. The highest BCUT2D eigenvalue weighted by atomic mass is 35.5. The molecule has 0 saturated heterocycles. The number of sulfone groups is 1. The fourth-order valence-electron chi connectivity index (χ4n) is 4.40. The molecule has 2 amide bonds. The fourth-order valence-corrected chi connectivity index (χ4v) is 6.03. The Morgan fingerprint density at radius 2 is 2.00 bits per heavy atom. The molecular weight excluding hydrogens is 517 g/mol. The Morgan fingerprint density at radius 3 is 2.76 bits per heavy atom. The zero-order valence-electron chi connectivity index (χ0n) is 20.8. The first-order chi connectivity index (χ1) is 17.6. The third-order valence-electron chi connectivity index (χ3n) is 6.39. The Kier molecular flexibility index (Phi) is 8.06. The van der Waals surface area contributed by atoms with Crippen molar-refractivity contribution in [3.8, 4) is 5.75 Å². The van der Waals surface area contributed by atoms with E-state index in [1.54, 1.807) is 6.07 Å². The van der Waals surface area contributed by atoms with E-state index in [4.69, 9.17) is 16.3 Å². The van der Waals surface area contributed by atoms with Crippen molar-refractivity contribution in [3.63, 3.8) is 0 Å². The summed E-state index contributed by atoms with van der Waals surface area (Å²) in [5.74, 6) is -0.574. The minimum atomic E-state index is -3.80. The van der Waals surface area contributed by atoms with Gasteiger partial charge in [-0.1, -0.05) is 35.9 Å². The van der Waals surface area contributed by atoms with Gasteiger partial charge in [0, 0.05) is 23.2 Å². The van der Waals surface area contributed by atoms with Crippen LogP contribution in [0.5, 0.6) is 5.75 Å². The minimum Gasteiger partial charge on any atom is -0.495 e. The summed E-state index contributed by atoms with van der Waals surface area (Å²) in [5, 5.41) is 9.22. The van der Waals surface area contributed by atoms with Crippen molar-refractivity contribution >= 4 is 33.2 Å². The first kappa shape index (κ1) is 26.9. The second-order valence-corrected chi connectivity index (χ2v) is 11.4. The van der Waals surface area contributed by atoms with Gasteiger partial charge in [0.05, 0.1) is 29.5 Å². The lowest BCUT2D eigenvalue weighted by Gasteiger charge is -2.19. The number of methoxy groups -OCH3 is 1. The molecule has 1 aliphatic rings. The van der Waals surface area contributed by atoms with E-state index < -0.39 is 21.7 Å². The Labute approximate surface area is 221 Å². The predicted molar refractivity (Wildman–Crippen MR) is 142 cm³/mol. The molecule has 0 aliphatic carbocycles. The summed E-state index contributed by atoms with van der Waals surface area (Å²) in [7, 11) is -2.42. The Balaban J connectivity index is 1.49. The first-order valence-corrected chi connectivity index (χ1v) is 13.9. The lowest BCUT2D eigenvalue weighted by atomic mass is 9.98. The van der Waals surface area contributed by atoms with Crippen LogP contribution in [0.25, 0.3) is 0 Å². The van der Waals surface area contributed by atoms with E-state index >= 15 is 0 Å². The quantitative estimate of drug-likeness (QED) is 0.374. The smallest absolute Gasteiger partial charge is 0.319 e. The highest BCUT2D eigenvalue weighted by Crippen LogP contribution is 2.31. The van der Waals surface area contributed by atoms with Crippen molar-refractivity contribution in [2.75, 3.05) is 19.0 Å². The maximum absolute atomic E-state index is 14.5. The third kappa shape index (κ3) is 6.06. The molecule has 0 spiro atoms.